The largest absolute Gasteiger partial charge is 0.338 e. The van der Waals surface area contributed by atoms with Crippen LogP contribution in [-0.2, 0) is 6.54 Å². The Morgan fingerprint density at radius 3 is 2.62 bits per heavy atom. The van der Waals surface area contributed by atoms with Crippen molar-refractivity contribution < 1.29 is 13.7 Å². The second-order valence-corrected chi connectivity index (χ2v) is 7.01. The van der Waals surface area contributed by atoms with Crippen LogP contribution in [-0.4, -0.2) is 52.0 Å². The van der Waals surface area contributed by atoms with Crippen molar-refractivity contribution >= 4 is 17.2 Å². The molecular weight excluding hydrogens is 355 g/mol. The van der Waals surface area contributed by atoms with Crippen LogP contribution in [0.25, 0.3) is 10.7 Å². The van der Waals surface area contributed by atoms with Gasteiger partial charge in [0.05, 0.1) is 11.4 Å². The lowest BCUT2D eigenvalue weighted by atomic mass is 10.2. The molecule has 0 radical (unpaired) electrons. The van der Waals surface area contributed by atoms with Crippen LogP contribution >= 0.6 is 11.3 Å². The summed E-state index contributed by atoms with van der Waals surface area (Å²) in [5.41, 5.74) is 0.511. The van der Waals surface area contributed by atoms with Gasteiger partial charge in [0.25, 0.3) is 5.91 Å². The van der Waals surface area contributed by atoms with Crippen LogP contribution in [0.15, 0.2) is 46.3 Å². The Balaban J connectivity index is 1.32. The summed E-state index contributed by atoms with van der Waals surface area (Å²) in [5.74, 6) is 0.780. The van der Waals surface area contributed by atoms with Gasteiger partial charge in [-0.1, -0.05) is 11.2 Å². The van der Waals surface area contributed by atoms with Gasteiger partial charge in [0.2, 0.25) is 11.7 Å². The van der Waals surface area contributed by atoms with Crippen molar-refractivity contribution in [2.75, 3.05) is 26.2 Å². The van der Waals surface area contributed by atoms with Crippen LogP contribution in [0.1, 0.15) is 16.2 Å². The van der Waals surface area contributed by atoms with E-state index in [-0.39, 0.29) is 11.7 Å². The molecule has 1 aromatic carbocycles. The third kappa shape index (κ3) is 3.66. The predicted octanol–water partition coefficient (Wildman–Crippen LogP) is 2.90. The van der Waals surface area contributed by atoms with Gasteiger partial charge in [-0.25, -0.2) is 4.39 Å². The first kappa shape index (κ1) is 16.9. The van der Waals surface area contributed by atoms with Gasteiger partial charge in [-0.05, 0) is 35.7 Å². The number of hydrogen-bond acceptors (Lipinski definition) is 6. The van der Waals surface area contributed by atoms with E-state index in [1.807, 2.05) is 17.5 Å². The first-order chi connectivity index (χ1) is 12.7. The zero-order valence-corrected chi connectivity index (χ0v) is 14.8. The van der Waals surface area contributed by atoms with Crippen molar-refractivity contribution in [1.29, 1.82) is 0 Å². The number of thiophene rings is 1. The summed E-state index contributed by atoms with van der Waals surface area (Å²) in [7, 11) is 0. The van der Waals surface area contributed by atoms with Crippen molar-refractivity contribution in [1.82, 2.24) is 19.9 Å². The minimum atomic E-state index is -0.340. The summed E-state index contributed by atoms with van der Waals surface area (Å²) in [4.78, 5) is 21.8. The summed E-state index contributed by atoms with van der Waals surface area (Å²) < 4.78 is 18.3. The molecule has 1 aliphatic heterocycles. The van der Waals surface area contributed by atoms with E-state index in [4.69, 9.17) is 4.52 Å². The highest BCUT2D eigenvalue weighted by atomic mass is 32.1. The van der Waals surface area contributed by atoms with Crippen LogP contribution in [0.3, 0.4) is 0 Å². The summed E-state index contributed by atoms with van der Waals surface area (Å²) in [5, 5.41) is 5.99. The molecule has 134 valence electrons. The highest BCUT2D eigenvalue weighted by Crippen LogP contribution is 2.21. The van der Waals surface area contributed by atoms with Gasteiger partial charge in [-0.3, -0.25) is 9.69 Å². The molecule has 0 spiro atoms. The monoisotopic (exact) mass is 372 g/mol. The maximum atomic E-state index is 13.0. The second kappa shape index (κ2) is 7.35. The van der Waals surface area contributed by atoms with Gasteiger partial charge in [0.1, 0.15) is 5.82 Å². The lowest BCUT2D eigenvalue weighted by Crippen LogP contribution is -2.48. The number of piperazine rings is 1. The molecule has 1 fully saturated rings. The molecule has 4 rings (SSSR count). The first-order valence-electron chi connectivity index (χ1n) is 8.33. The number of carbonyl (C=O) groups excluding carboxylic acids is 1. The van der Waals surface area contributed by atoms with Crippen molar-refractivity contribution in [3.05, 3.63) is 59.0 Å². The van der Waals surface area contributed by atoms with E-state index in [0.717, 1.165) is 18.0 Å². The van der Waals surface area contributed by atoms with Crippen molar-refractivity contribution in [3.8, 4) is 10.7 Å². The topological polar surface area (TPSA) is 62.5 Å². The van der Waals surface area contributed by atoms with Gasteiger partial charge in [0.15, 0.2) is 0 Å². The Morgan fingerprint density at radius 1 is 1.15 bits per heavy atom. The van der Waals surface area contributed by atoms with Gasteiger partial charge in [0, 0.05) is 31.7 Å². The number of benzene rings is 1. The van der Waals surface area contributed by atoms with E-state index < -0.39 is 0 Å². The number of rotatable bonds is 4. The maximum Gasteiger partial charge on any atom is 0.253 e. The fourth-order valence-electron chi connectivity index (χ4n) is 2.90. The lowest BCUT2D eigenvalue weighted by Gasteiger charge is -2.34. The Hall–Kier alpha value is -2.58. The van der Waals surface area contributed by atoms with Gasteiger partial charge in [-0.15, -0.1) is 11.3 Å². The highest BCUT2D eigenvalue weighted by molar-refractivity contribution is 7.13. The fraction of sp³-hybridized carbons (Fsp3) is 0.278. The minimum Gasteiger partial charge on any atom is -0.338 e. The summed E-state index contributed by atoms with van der Waals surface area (Å²) >= 11 is 1.57. The maximum absolute atomic E-state index is 13.0. The minimum absolute atomic E-state index is 0.0672. The molecule has 0 aliphatic carbocycles. The Kier molecular flexibility index (Phi) is 4.77. The zero-order chi connectivity index (χ0) is 17.9. The normalized spacial score (nSPS) is 15.3. The highest BCUT2D eigenvalue weighted by Gasteiger charge is 2.23. The van der Waals surface area contributed by atoms with Crippen LogP contribution in [0.5, 0.6) is 0 Å². The first-order valence-corrected chi connectivity index (χ1v) is 9.21. The van der Waals surface area contributed by atoms with Crippen LogP contribution in [0.2, 0.25) is 0 Å². The molecule has 1 saturated heterocycles. The quantitative estimate of drug-likeness (QED) is 0.705. The molecule has 0 unspecified atom stereocenters. The van der Waals surface area contributed by atoms with Gasteiger partial charge >= 0.3 is 0 Å². The molecular formula is C18H17FN4O2S. The lowest BCUT2D eigenvalue weighted by molar-refractivity contribution is 0.0615. The van der Waals surface area contributed by atoms with E-state index >= 15 is 0 Å². The second-order valence-electron chi connectivity index (χ2n) is 6.06. The molecule has 2 aromatic heterocycles. The molecule has 3 aromatic rings. The van der Waals surface area contributed by atoms with E-state index in [0.29, 0.717) is 36.9 Å². The molecule has 0 saturated carbocycles. The van der Waals surface area contributed by atoms with E-state index in [1.165, 1.54) is 24.3 Å². The number of carbonyl (C=O) groups is 1. The summed E-state index contributed by atoms with van der Waals surface area (Å²) in [6.45, 7) is 3.24. The molecule has 1 aliphatic rings. The van der Waals surface area contributed by atoms with Crippen LogP contribution in [0, 0.1) is 5.82 Å². The summed E-state index contributed by atoms with van der Waals surface area (Å²) in [6.07, 6.45) is 0. The Bertz CT molecular complexity index is 871. The average molecular weight is 372 g/mol. The molecule has 0 bridgehead atoms. The molecule has 1 amide bonds. The van der Waals surface area contributed by atoms with Gasteiger partial charge < -0.3 is 9.42 Å². The molecule has 6 nitrogen and oxygen atoms in total. The molecule has 0 N–H and O–H groups in total. The Morgan fingerprint density at radius 2 is 1.92 bits per heavy atom. The third-order valence-electron chi connectivity index (χ3n) is 4.32. The number of aromatic nitrogens is 2. The van der Waals surface area contributed by atoms with Crippen molar-refractivity contribution in [3.63, 3.8) is 0 Å². The van der Waals surface area contributed by atoms with Crippen molar-refractivity contribution in [2.24, 2.45) is 0 Å². The van der Waals surface area contributed by atoms with Gasteiger partial charge in [-0.2, -0.15) is 4.98 Å². The van der Waals surface area contributed by atoms with E-state index in [2.05, 4.69) is 15.0 Å². The smallest absolute Gasteiger partial charge is 0.253 e. The number of hydrogen-bond donors (Lipinski definition) is 0. The number of nitrogens with zero attached hydrogens (tertiary/aromatic N) is 4. The zero-order valence-electron chi connectivity index (χ0n) is 14.0. The molecule has 0 atom stereocenters. The van der Waals surface area contributed by atoms with Crippen molar-refractivity contribution in [2.45, 2.75) is 6.54 Å². The third-order valence-corrected chi connectivity index (χ3v) is 5.19. The van der Waals surface area contributed by atoms with E-state index in [9.17, 15) is 9.18 Å². The summed E-state index contributed by atoms with van der Waals surface area (Å²) in [6, 6.07) is 9.57. The van der Waals surface area contributed by atoms with Crippen LogP contribution < -0.4 is 0 Å². The standard InChI is InChI=1S/C18H17FN4O2S/c19-14-5-3-13(4-6-14)18(24)23-9-7-22(8-10-23)12-16-20-17(21-25-16)15-2-1-11-26-15/h1-6,11H,7-10,12H2. The SMILES string of the molecule is O=C(c1ccc(F)cc1)N1CCN(Cc2nc(-c3cccs3)no2)CC1. The predicted molar refractivity (Wildman–Crippen MR) is 95.2 cm³/mol. The molecule has 26 heavy (non-hydrogen) atoms. The van der Waals surface area contributed by atoms with E-state index in [1.54, 1.807) is 16.2 Å². The van der Waals surface area contributed by atoms with Crippen LogP contribution in [0.4, 0.5) is 4.39 Å². The number of amides is 1. The molecule has 3 heterocycles. The Labute approximate surface area is 153 Å². The fourth-order valence-corrected chi connectivity index (χ4v) is 3.55. The number of halogens is 1. The molecule has 8 heteroatoms. The average Bonchev–Trinajstić information content (AvgIpc) is 3.34.